The number of benzene rings is 2. The van der Waals surface area contributed by atoms with Crippen LogP contribution in [0, 0.1) is 0 Å². The Hall–Kier alpha value is -1.72. The first-order chi connectivity index (χ1) is 9.87. The molecule has 4 nitrogen and oxygen atoms in total. The number of hydrogen-bond acceptors (Lipinski definition) is 3. The van der Waals surface area contributed by atoms with Crippen LogP contribution in [0.5, 0.6) is 0 Å². The third kappa shape index (κ3) is 4.37. The van der Waals surface area contributed by atoms with E-state index < -0.39 is 10.0 Å². The average Bonchev–Trinajstić information content (AvgIpc) is 2.42. The van der Waals surface area contributed by atoms with E-state index in [9.17, 15) is 8.42 Å². The molecule has 2 aromatic carbocycles. The number of nitrogens with two attached hydrogens (primary N) is 1. The van der Waals surface area contributed by atoms with Crippen LogP contribution in [0.15, 0.2) is 48.5 Å². The maximum atomic E-state index is 12.2. The lowest BCUT2D eigenvalue weighted by molar-refractivity contribution is 0.596. The first-order valence-corrected chi connectivity index (χ1v) is 8.51. The molecule has 112 valence electrons. The van der Waals surface area contributed by atoms with Gasteiger partial charge in [0.15, 0.2) is 0 Å². The van der Waals surface area contributed by atoms with Gasteiger partial charge in [-0.1, -0.05) is 48.9 Å². The van der Waals surface area contributed by atoms with Crippen LogP contribution in [0.3, 0.4) is 0 Å². The van der Waals surface area contributed by atoms with E-state index in [2.05, 4.69) is 4.72 Å². The zero-order valence-electron chi connectivity index (χ0n) is 11.6. The van der Waals surface area contributed by atoms with E-state index in [1.165, 1.54) is 6.07 Å². The fraction of sp³-hybridized carbons (Fsp3) is 0.200. The second-order valence-corrected chi connectivity index (χ2v) is 7.13. The minimum absolute atomic E-state index is 0.0148. The standard InChI is InChI=1S/C15H17ClN2O2S/c1-11(12-5-3-2-4-6-12)10-21(19,20)18-15-8-7-13(16)9-14(15)17/h2-9,11,18H,10,17H2,1H3. The summed E-state index contributed by atoms with van der Waals surface area (Å²) in [6, 6.07) is 14.2. The molecule has 0 saturated heterocycles. The summed E-state index contributed by atoms with van der Waals surface area (Å²) in [5.74, 6) is -0.128. The molecule has 2 rings (SSSR count). The summed E-state index contributed by atoms with van der Waals surface area (Å²) in [5, 5.41) is 0.466. The summed E-state index contributed by atoms with van der Waals surface area (Å²) in [6.45, 7) is 1.87. The van der Waals surface area contributed by atoms with Gasteiger partial charge in [0.1, 0.15) is 0 Å². The summed E-state index contributed by atoms with van der Waals surface area (Å²) in [7, 11) is -3.49. The Kier molecular flexibility index (Phi) is 4.75. The highest BCUT2D eigenvalue weighted by Gasteiger charge is 2.18. The van der Waals surface area contributed by atoms with Crippen LogP contribution >= 0.6 is 11.6 Å². The van der Waals surface area contributed by atoms with E-state index in [-0.39, 0.29) is 11.7 Å². The van der Waals surface area contributed by atoms with Crippen molar-refractivity contribution < 1.29 is 8.42 Å². The van der Waals surface area contributed by atoms with Gasteiger partial charge in [0.05, 0.1) is 17.1 Å². The fourth-order valence-electron chi connectivity index (χ4n) is 2.04. The number of hydrogen-bond donors (Lipinski definition) is 2. The smallest absolute Gasteiger partial charge is 0.233 e. The van der Waals surface area contributed by atoms with Gasteiger partial charge in [0.25, 0.3) is 0 Å². The van der Waals surface area contributed by atoms with E-state index in [0.717, 1.165) is 5.56 Å². The molecule has 6 heteroatoms. The van der Waals surface area contributed by atoms with Crippen LogP contribution in [0.25, 0.3) is 0 Å². The molecule has 0 aliphatic heterocycles. The summed E-state index contributed by atoms with van der Waals surface area (Å²) in [4.78, 5) is 0. The van der Waals surface area contributed by atoms with Crippen molar-refractivity contribution in [3.63, 3.8) is 0 Å². The largest absolute Gasteiger partial charge is 0.397 e. The Morgan fingerprint density at radius 1 is 1.19 bits per heavy atom. The van der Waals surface area contributed by atoms with Crippen molar-refractivity contribution in [2.75, 3.05) is 16.2 Å². The second-order valence-electron chi connectivity index (χ2n) is 4.93. The molecule has 0 heterocycles. The quantitative estimate of drug-likeness (QED) is 0.827. The maximum absolute atomic E-state index is 12.2. The third-order valence-electron chi connectivity index (χ3n) is 3.12. The zero-order chi connectivity index (χ0) is 15.5. The minimum Gasteiger partial charge on any atom is -0.397 e. The summed E-state index contributed by atoms with van der Waals surface area (Å²) in [6.07, 6.45) is 0. The second kappa shape index (κ2) is 6.37. The van der Waals surface area contributed by atoms with Crippen LogP contribution in [0.1, 0.15) is 18.4 Å². The molecule has 2 aromatic rings. The molecule has 0 saturated carbocycles. The summed E-state index contributed by atoms with van der Waals surface area (Å²) >= 11 is 5.80. The molecule has 0 amide bonds. The van der Waals surface area contributed by atoms with E-state index in [0.29, 0.717) is 16.4 Å². The van der Waals surface area contributed by atoms with E-state index in [1.807, 2.05) is 37.3 Å². The number of halogens is 1. The molecule has 1 atom stereocenters. The molecular weight excluding hydrogens is 308 g/mol. The zero-order valence-corrected chi connectivity index (χ0v) is 13.2. The number of nitrogens with one attached hydrogen (secondary N) is 1. The van der Waals surface area contributed by atoms with Gasteiger partial charge >= 0.3 is 0 Å². The molecule has 0 bridgehead atoms. The Morgan fingerprint density at radius 2 is 1.86 bits per heavy atom. The molecule has 0 aromatic heterocycles. The van der Waals surface area contributed by atoms with Gasteiger partial charge in [-0.05, 0) is 29.7 Å². The molecular formula is C15H17ClN2O2S. The maximum Gasteiger partial charge on any atom is 0.233 e. The van der Waals surface area contributed by atoms with Gasteiger partial charge in [-0.15, -0.1) is 0 Å². The number of rotatable bonds is 5. The van der Waals surface area contributed by atoms with Gasteiger partial charge in [0, 0.05) is 5.02 Å². The molecule has 0 spiro atoms. The topological polar surface area (TPSA) is 72.2 Å². The van der Waals surface area contributed by atoms with Crippen molar-refractivity contribution in [1.82, 2.24) is 0 Å². The van der Waals surface area contributed by atoms with Gasteiger partial charge in [-0.2, -0.15) is 0 Å². The Bertz CT molecular complexity index is 718. The first-order valence-electron chi connectivity index (χ1n) is 6.48. The van der Waals surface area contributed by atoms with Crippen LogP contribution in [-0.4, -0.2) is 14.2 Å². The highest BCUT2D eigenvalue weighted by molar-refractivity contribution is 7.92. The molecule has 0 radical (unpaired) electrons. The van der Waals surface area contributed by atoms with Gasteiger partial charge in [-0.25, -0.2) is 8.42 Å². The number of sulfonamides is 1. The third-order valence-corrected chi connectivity index (χ3v) is 4.82. The van der Waals surface area contributed by atoms with Crippen LogP contribution in [0.2, 0.25) is 5.02 Å². The lowest BCUT2D eigenvalue weighted by atomic mass is 10.0. The van der Waals surface area contributed by atoms with Crippen molar-refractivity contribution in [2.24, 2.45) is 0 Å². The average molecular weight is 325 g/mol. The SMILES string of the molecule is CC(CS(=O)(=O)Nc1ccc(Cl)cc1N)c1ccccc1. The van der Waals surface area contributed by atoms with Crippen molar-refractivity contribution in [3.8, 4) is 0 Å². The first kappa shape index (κ1) is 15.7. The van der Waals surface area contributed by atoms with E-state index in [4.69, 9.17) is 17.3 Å². The van der Waals surface area contributed by atoms with Crippen LogP contribution in [-0.2, 0) is 10.0 Å². The Balaban J connectivity index is 2.12. The van der Waals surface area contributed by atoms with Crippen molar-refractivity contribution in [2.45, 2.75) is 12.8 Å². The lowest BCUT2D eigenvalue weighted by Crippen LogP contribution is -2.21. The number of anilines is 2. The van der Waals surface area contributed by atoms with E-state index >= 15 is 0 Å². The van der Waals surface area contributed by atoms with Gasteiger partial charge < -0.3 is 5.73 Å². The van der Waals surface area contributed by atoms with Crippen LogP contribution in [0.4, 0.5) is 11.4 Å². The van der Waals surface area contributed by atoms with Crippen molar-refractivity contribution in [3.05, 3.63) is 59.1 Å². The highest BCUT2D eigenvalue weighted by atomic mass is 35.5. The molecule has 0 aliphatic rings. The minimum atomic E-state index is -3.49. The van der Waals surface area contributed by atoms with Gasteiger partial charge in [-0.3, -0.25) is 4.72 Å². The van der Waals surface area contributed by atoms with Crippen LogP contribution < -0.4 is 10.5 Å². The monoisotopic (exact) mass is 324 g/mol. The fourth-order valence-corrected chi connectivity index (χ4v) is 3.68. The Morgan fingerprint density at radius 3 is 2.48 bits per heavy atom. The van der Waals surface area contributed by atoms with Gasteiger partial charge in [0.2, 0.25) is 10.0 Å². The number of nitrogen functional groups attached to an aromatic ring is 1. The predicted molar refractivity (Wildman–Crippen MR) is 88.1 cm³/mol. The molecule has 0 fully saturated rings. The predicted octanol–water partition coefficient (Wildman–Crippen LogP) is 3.47. The van der Waals surface area contributed by atoms with Crippen molar-refractivity contribution in [1.29, 1.82) is 0 Å². The summed E-state index contributed by atoms with van der Waals surface area (Å²) in [5.41, 5.74) is 7.39. The molecule has 0 aliphatic carbocycles. The molecule has 21 heavy (non-hydrogen) atoms. The Labute approximate surface area is 130 Å². The lowest BCUT2D eigenvalue weighted by Gasteiger charge is -2.15. The molecule has 1 unspecified atom stereocenters. The molecule has 3 N–H and O–H groups in total. The van der Waals surface area contributed by atoms with Crippen molar-refractivity contribution >= 4 is 33.0 Å². The van der Waals surface area contributed by atoms with E-state index in [1.54, 1.807) is 12.1 Å². The summed E-state index contributed by atoms with van der Waals surface area (Å²) < 4.78 is 26.9. The normalized spacial score (nSPS) is 12.9. The highest BCUT2D eigenvalue weighted by Crippen LogP contribution is 2.25.